The number of hydrogen-bond donors (Lipinski definition) is 1. The predicted molar refractivity (Wildman–Crippen MR) is 80.1 cm³/mol. The summed E-state index contributed by atoms with van der Waals surface area (Å²) in [7, 11) is 0. The highest BCUT2D eigenvalue weighted by Gasteiger charge is 2.18. The van der Waals surface area contributed by atoms with E-state index in [2.05, 4.69) is 15.3 Å². The fourth-order valence-electron chi connectivity index (χ4n) is 2.24. The van der Waals surface area contributed by atoms with E-state index in [0.717, 1.165) is 37.3 Å². The summed E-state index contributed by atoms with van der Waals surface area (Å²) < 4.78 is 5.66. The van der Waals surface area contributed by atoms with Crippen LogP contribution in [0.3, 0.4) is 0 Å². The van der Waals surface area contributed by atoms with E-state index >= 15 is 0 Å². The van der Waals surface area contributed by atoms with Crippen molar-refractivity contribution in [2.24, 2.45) is 0 Å². The Labute approximate surface area is 127 Å². The maximum atomic E-state index is 11.8. The van der Waals surface area contributed by atoms with Gasteiger partial charge in [0.25, 0.3) is 5.91 Å². The largest absolute Gasteiger partial charge is 0.370 e. The number of rotatable bonds is 4. The standard InChI is InChI=1S/C15H17N3O2S/c19-15(13-5-3-7-21-13)18-10-11-8-16-14(17-9-11)12-4-1-2-6-20-12/h3,5,7-9,12H,1-2,4,6,10H2,(H,18,19)/t12-/m1/s1. The first kappa shape index (κ1) is 14.2. The summed E-state index contributed by atoms with van der Waals surface area (Å²) >= 11 is 1.43. The van der Waals surface area contributed by atoms with Gasteiger partial charge in [-0.1, -0.05) is 6.07 Å². The van der Waals surface area contributed by atoms with Crippen molar-refractivity contribution in [3.05, 3.63) is 46.2 Å². The normalized spacial score (nSPS) is 18.4. The third-order valence-electron chi connectivity index (χ3n) is 3.39. The van der Waals surface area contributed by atoms with Crippen molar-refractivity contribution in [1.29, 1.82) is 0 Å². The van der Waals surface area contributed by atoms with E-state index < -0.39 is 0 Å². The smallest absolute Gasteiger partial charge is 0.261 e. The lowest BCUT2D eigenvalue weighted by molar-refractivity contribution is 0.00940. The van der Waals surface area contributed by atoms with Gasteiger partial charge in [-0.25, -0.2) is 9.97 Å². The number of ether oxygens (including phenoxy) is 1. The number of nitrogens with zero attached hydrogens (tertiary/aromatic N) is 2. The van der Waals surface area contributed by atoms with Crippen LogP contribution in [0.5, 0.6) is 0 Å². The molecule has 0 bridgehead atoms. The molecule has 3 heterocycles. The quantitative estimate of drug-likeness (QED) is 0.943. The van der Waals surface area contributed by atoms with Crippen molar-refractivity contribution in [1.82, 2.24) is 15.3 Å². The van der Waals surface area contributed by atoms with Gasteiger partial charge in [0.05, 0.1) is 4.88 Å². The van der Waals surface area contributed by atoms with Gasteiger partial charge in [-0.3, -0.25) is 4.79 Å². The van der Waals surface area contributed by atoms with Gasteiger partial charge in [0, 0.05) is 31.1 Å². The minimum absolute atomic E-state index is 0.0218. The summed E-state index contributed by atoms with van der Waals surface area (Å²) in [5.74, 6) is 0.674. The molecule has 6 heteroatoms. The SMILES string of the molecule is O=C(NCc1cnc([C@H]2CCCCO2)nc1)c1cccs1. The minimum Gasteiger partial charge on any atom is -0.370 e. The number of carbonyl (C=O) groups excluding carboxylic acids is 1. The van der Waals surface area contributed by atoms with Crippen molar-refractivity contribution in [2.75, 3.05) is 6.61 Å². The number of thiophene rings is 1. The van der Waals surface area contributed by atoms with Crippen molar-refractivity contribution >= 4 is 17.2 Å². The Morgan fingerprint density at radius 2 is 2.24 bits per heavy atom. The third kappa shape index (κ3) is 3.65. The van der Waals surface area contributed by atoms with Crippen LogP contribution in [-0.4, -0.2) is 22.5 Å². The maximum absolute atomic E-state index is 11.8. The first-order valence-corrected chi connectivity index (χ1v) is 7.95. The molecule has 1 atom stereocenters. The Bertz CT molecular complexity index is 577. The zero-order chi connectivity index (χ0) is 14.5. The molecule has 0 radical (unpaired) electrons. The zero-order valence-corrected chi connectivity index (χ0v) is 12.4. The second kappa shape index (κ2) is 6.78. The molecule has 1 amide bonds. The molecule has 0 spiro atoms. The molecule has 0 aliphatic carbocycles. The highest BCUT2D eigenvalue weighted by molar-refractivity contribution is 7.12. The lowest BCUT2D eigenvalue weighted by atomic mass is 10.1. The van der Waals surface area contributed by atoms with Gasteiger partial charge >= 0.3 is 0 Å². The number of nitrogens with one attached hydrogen (secondary N) is 1. The van der Waals surface area contributed by atoms with Crippen LogP contribution in [0.15, 0.2) is 29.9 Å². The summed E-state index contributed by atoms with van der Waals surface area (Å²) in [6.07, 6.45) is 6.79. The average molecular weight is 303 g/mol. The van der Waals surface area contributed by atoms with Crippen LogP contribution < -0.4 is 5.32 Å². The van der Waals surface area contributed by atoms with E-state index in [4.69, 9.17) is 4.74 Å². The number of hydrogen-bond acceptors (Lipinski definition) is 5. The topological polar surface area (TPSA) is 64.1 Å². The first-order chi connectivity index (χ1) is 10.3. The zero-order valence-electron chi connectivity index (χ0n) is 11.6. The summed E-state index contributed by atoms with van der Waals surface area (Å²) in [5, 5.41) is 4.75. The molecular weight excluding hydrogens is 286 g/mol. The molecule has 3 rings (SSSR count). The molecule has 110 valence electrons. The van der Waals surface area contributed by atoms with E-state index in [1.807, 2.05) is 11.4 Å². The number of aromatic nitrogens is 2. The van der Waals surface area contributed by atoms with Gasteiger partial charge in [-0.05, 0) is 30.7 Å². The predicted octanol–water partition coefficient (Wildman–Crippen LogP) is 2.71. The van der Waals surface area contributed by atoms with E-state index in [0.29, 0.717) is 11.4 Å². The van der Waals surface area contributed by atoms with E-state index in [1.165, 1.54) is 11.3 Å². The average Bonchev–Trinajstić information content (AvgIpc) is 3.08. The summed E-state index contributed by atoms with van der Waals surface area (Å²) in [6, 6.07) is 3.67. The van der Waals surface area contributed by atoms with Crippen molar-refractivity contribution in [3.8, 4) is 0 Å². The molecule has 2 aromatic heterocycles. The lowest BCUT2D eigenvalue weighted by Gasteiger charge is -2.21. The van der Waals surface area contributed by atoms with Crippen LogP contribution in [0.1, 0.15) is 46.4 Å². The van der Waals surface area contributed by atoms with Gasteiger partial charge in [-0.15, -0.1) is 11.3 Å². The molecule has 0 unspecified atom stereocenters. The number of carbonyl (C=O) groups is 1. The number of amides is 1. The van der Waals surface area contributed by atoms with Gasteiger partial charge < -0.3 is 10.1 Å². The van der Waals surface area contributed by atoms with Crippen molar-refractivity contribution in [2.45, 2.75) is 31.9 Å². The second-order valence-electron chi connectivity index (χ2n) is 4.96. The molecule has 1 fully saturated rings. The van der Waals surface area contributed by atoms with Crippen LogP contribution in [0.2, 0.25) is 0 Å². The lowest BCUT2D eigenvalue weighted by Crippen LogP contribution is -2.22. The molecule has 1 aliphatic heterocycles. The highest BCUT2D eigenvalue weighted by Crippen LogP contribution is 2.24. The van der Waals surface area contributed by atoms with E-state index in [9.17, 15) is 4.79 Å². The first-order valence-electron chi connectivity index (χ1n) is 7.07. The highest BCUT2D eigenvalue weighted by atomic mass is 32.1. The minimum atomic E-state index is -0.0651. The van der Waals surface area contributed by atoms with Gasteiger partial charge in [-0.2, -0.15) is 0 Å². The molecule has 1 N–H and O–H groups in total. The van der Waals surface area contributed by atoms with E-state index in [-0.39, 0.29) is 12.0 Å². The van der Waals surface area contributed by atoms with Crippen LogP contribution in [0.25, 0.3) is 0 Å². The molecule has 5 nitrogen and oxygen atoms in total. The summed E-state index contributed by atoms with van der Waals surface area (Å²) in [4.78, 5) is 21.3. The van der Waals surface area contributed by atoms with Crippen molar-refractivity contribution < 1.29 is 9.53 Å². The van der Waals surface area contributed by atoms with Gasteiger partial charge in [0.15, 0.2) is 5.82 Å². The summed E-state index contributed by atoms with van der Waals surface area (Å²) in [6.45, 7) is 1.22. The summed E-state index contributed by atoms with van der Waals surface area (Å²) in [5.41, 5.74) is 0.888. The molecule has 1 saturated heterocycles. The molecule has 21 heavy (non-hydrogen) atoms. The second-order valence-corrected chi connectivity index (χ2v) is 5.91. The van der Waals surface area contributed by atoms with Crippen LogP contribution in [0.4, 0.5) is 0 Å². The Morgan fingerprint density at radius 3 is 2.90 bits per heavy atom. The Kier molecular flexibility index (Phi) is 4.57. The Morgan fingerprint density at radius 1 is 1.38 bits per heavy atom. The fourth-order valence-corrected chi connectivity index (χ4v) is 2.88. The van der Waals surface area contributed by atoms with Crippen LogP contribution >= 0.6 is 11.3 Å². The van der Waals surface area contributed by atoms with Crippen molar-refractivity contribution in [3.63, 3.8) is 0 Å². The van der Waals surface area contributed by atoms with Gasteiger partial charge in [0.1, 0.15) is 6.10 Å². The van der Waals surface area contributed by atoms with Crippen LogP contribution in [-0.2, 0) is 11.3 Å². The fraction of sp³-hybridized carbons (Fsp3) is 0.400. The van der Waals surface area contributed by atoms with Gasteiger partial charge in [0.2, 0.25) is 0 Å². The Hall–Kier alpha value is -1.79. The van der Waals surface area contributed by atoms with E-state index in [1.54, 1.807) is 18.5 Å². The third-order valence-corrected chi connectivity index (χ3v) is 4.26. The molecule has 0 saturated carbocycles. The monoisotopic (exact) mass is 303 g/mol. The molecule has 1 aliphatic rings. The van der Waals surface area contributed by atoms with Crippen LogP contribution in [0, 0.1) is 0 Å². The molecular formula is C15H17N3O2S. The molecule has 0 aromatic carbocycles. The maximum Gasteiger partial charge on any atom is 0.261 e. The Balaban J connectivity index is 1.55. The molecule has 2 aromatic rings.